The molecule has 2 heteroatoms. The molecule has 0 heterocycles. The van der Waals surface area contributed by atoms with E-state index in [1.165, 1.54) is 10.6 Å². The highest BCUT2D eigenvalue weighted by Crippen LogP contribution is 2.57. The van der Waals surface area contributed by atoms with Gasteiger partial charge in [0.2, 0.25) is 7.49 Å². The van der Waals surface area contributed by atoms with E-state index in [9.17, 15) is 0 Å². The summed E-state index contributed by atoms with van der Waals surface area (Å²) < 4.78 is 6.52. The van der Waals surface area contributed by atoms with Crippen molar-refractivity contribution in [2.24, 2.45) is 5.92 Å². The predicted molar refractivity (Wildman–Crippen MR) is 90.4 cm³/mol. The van der Waals surface area contributed by atoms with Gasteiger partial charge in [-0.1, -0.05) is 50.2 Å². The molecule has 2 aromatic carbocycles. The quantitative estimate of drug-likeness (QED) is 0.721. The van der Waals surface area contributed by atoms with Crippen molar-refractivity contribution in [3.8, 4) is 0 Å². The van der Waals surface area contributed by atoms with Crippen LogP contribution in [0.5, 0.6) is 0 Å². The van der Waals surface area contributed by atoms with Crippen molar-refractivity contribution in [3.05, 3.63) is 60.7 Å². The summed E-state index contributed by atoms with van der Waals surface area (Å²) >= 11 is 0. The molecule has 0 aliphatic rings. The smallest absolute Gasteiger partial charge is 0.209 e. The fourth-order valence-corrected chi connectivity index (χ4v) is 5.74. The largest absolute Gasteiger partial charge is 0.227 e. The highest BCUT2D eigenvalue weighted by atomic mass is 31.2. The Morgan fingerprint density at radius 2 is 1.30 bits per heavy atom. The Hall–Kier alpha value is -1.17. The lowest BCUT2D eigenvalue weighted by atomic mass is 10.2. The summed E-state index contributed by atoms with van der Waals surface area (Å²) in [7, 11) is -1.74. The molecule has 0 aliphatic carbocycles. The predicted octanol–water partition coefficient (Wildman–Crippen LogP) is 4.26. The second-order valence-corrected chi connectivity index (χ2v) is 8.82. The topological polar surface area (TPSA) is 9.23 Å². The zero-order valence-electron chi connectivity index (χ0n) is 12.6. The first-order valence-electron chi connectivity index (χ1n) is 7.33. The molecule has 0 atom stereocenters. The molecule has 106 valence electrons. The van der Waals surface area contributed by atoms with Crippen LogP contribution in [0.1, 0.15) is 20.8 Å². The molecule has 0 unspecified atom stereocenters. The van der Waals surface area contributed by atoms with Crippen LogP contribution in [-0.4, -0.2) is 12.8 Å². The van der Waals surface area contributed by atoms with Gasteiger partial charge in [-0.2, -0.15) is 0 Å². The highest BCUT2D eigenvalue weighted by molar-refractivity contribution is 7.85. The van der Waals surface area contributed by atoms with Crippen LogP contribution in [0.15, 0.2) is 60.7 Å². The van der Waals surface area contributed by atoms with Crippen molar-refractivity contribution >= 4 is 18.1 Å². The van der Waals surface area contributed by atoms with Gasteiger partial charge in [0.25, 0.3) is 0 Å². The van der Waals surface area contributed by atoms with Crippen LogP contribution in [0, 0.1) is 5.92 Å². The van der Waals surface area contributed by atoms with Crippen LogP contribution in [0.3, 0.4) is 0 Å². The Morgan fingerprint density at radius 3 is 1.65 bits per heavy atom. The van der Waals surface area contributed by atoms with Crippen molar-refractivity contribution in [2.75, 3.05) is 12.8 Å². The van der Waals surface area contributed by atoms with Gasteiger partial charge in [-0.15, -0.1) is 0 Å². The molecule has 0 saturated heterocycles. The Bertz CT molecular complexity index is 468. The van der Waals surface area contributed by atoms with E-state index in [4.69, 9.17) is 4.52 Å². The van der Waals surface area contributed by atoms with E-state index in [2.05, 4.69) is 81.4 Å². The SMILES string of the molecule is CC[P+](OCC(C)C)(c1ccccc1)c1ccccc1. The van der Waals surface area contributed by atoms with Crippen LogP contribution in [0.2, 0.25) is 0 Å². The third kappa shape index (κ3) is 3.29. The molecular formula is C18H24OP+. The molecule has 0 saturated carbocycles. The summed E-state index contributed by atoms with van der Waals surface area (Å²) in [6.45, 7) is 7.47. The molecule has 0 N–H and O–H groups in total. The van der Waals surface area contributed by atoms with Crippen LogP contribution < -0.4 is 10.6 Å². The molecule has 0 radical (unpaired) electrons. The van der Waals surface area contributed by atoms with Gasteiger partial charge in [0.05, 0.1) is 12.8 Å². The first-order valence-corrected chi connectivity index (χ1v) is 9.22. The van der Waals surface area contributed by atoms with Gasteiger partial charge in [0.1, 0.15) is 10.6 Å². The van der Waals surface area contributed by atoms with E-state index < -0.39 is 7.49 Å². The van der Waals surface area contributed by atoms with Crippen LogP contribution in [-0.2, 0) is 4.52 Å². The Morgan fingerprint density at radius 1 is 0.850 bits per heavy atom. The van der Waals surface area contributed by atoms with E-state index in [1.54, 1.807) is 0 Å². The standard InChI is InChI=1S/C18H24OP/c1-4-20(19-15-16(2)3,17-11-7-5-8-12-17)18-13-9-6-10-14-18/h5-14,16H,4,15H2,1-3H3/q+1. The van der Waals surface area contributed by atoms with Gasteiger partial charge in [0, 0.05) is 0 Å². The summed E-state index contributed by atoms with van der Waals surface area (Å²) in [5.74, 6) is 0.549. The average molecular weight is 287 g/mol. The molecule has 0 fully saturated rings. The van der Waals surface area contributed by atoms with Crippen LogP contribution in [0.4, 0.5) is 0 Å². The lowest BCUT2D eigenvalue weighted by molar-refractivity contribution is 0.296. The molecule has 0 spiro atoms. The number of rotatable bonds is 6. The first kappa shape index (κ1) is 15.2. The summed E-state index contributed by atoms with van der Waals surface area (Å²) in [6.07, 6.45) is 1.04. The molecule has 0 aliphatic heterocycles. The minimum Gasteiger partial charge on any atom is -0.227 e. The summed E-state index contributed by atoms with van der Waals surface area (Å²) in [5, 5.41) is 2.68. The minimum atomic E-state index is -1.74. The van der Waals surface area contributed by atoms with Crippen molar-refractivity contribution in [1.29, 1.82) is 0 Å². The summed E-state index contributed by atoms with van der Waals surface area (Å²) in [6, 6.07) is 21.4. The zero-order chi connectivity index (χ0) is 14.4. The van der Waals surface area contributed by atoms with Gasteiger partial charge in [0.15, 0.2) is 0 Å². The molecule has 0 amide bonds. The minimum absolute atomic E-state index is 0.549. The molecule has 1 nitrogen and oxygen atoms in total. The lowest BCUT2D eigenvalue weighted by Gasteiger charge is -2.25. The lowest BCUT2D eigenvalue weighted by Crippen LogP contribution is -2.27. The molecule has 2 rings (SSSR count). The molecule has 2 aromatic rings. The highest BCUT2D eigenvalue weighted by Gasteiger charge is 2.43. The van der Waals surface area contributed by atoms with Crippen LogP contribution in [0.25, 0.3) is 0 Å². The maximum absolute atomic E-state index is 6.52. The first-order chi connectivity index (χ1) is 9.69. The van der Waals surface area contributed by atoms with E-state index in [1.807, 2.05) is 0 Å². The maximum atomic E-state index is 6.52. The average Bonchev–Trinajstić information content (AvgIpc) is 2.50. The van der Waals surface area contributed by atoms with Crippen LogP contribution >= 0.6 is 7.49 Å². The van der Waals surface area contributed by atoms with Gasteiger partial charge in [-0.25, -0.2) is 4.52 Å². The normalized spacial score (nSPS) is 11.8. The second kappa shape index (κ2) is 7.02. The third-order valence-corrected chi connectivity index (χ3v) is 7.17. The fraction of sp³-hybridized carbons (Fsp3) is 0.333. The third-order valence-electron chi connectivity index (χ3n) is 3.42. The van der Waals surface area contributed by atoms with Gasteiger partial charge in [-0.3, -0.25) is 0 Å². The van der Waals surface area contributed by atoms with Gasteiger partial charge >= 0.3 is 0 Å². The van der Waals surface area contributed by atoms with E-state index in [-0.39, 0.29) is 0 Å². The number of benzene rings is 2. The maximum Gasteiger partial charge on any atom is 0.209 e. The zero-order valence-corrected chi connectivity index (χ0v) is 13.5. The molecular weight excluding hydrogens is 263 g/mol. The Labute approximate surface area is 123 Å². The molecule has 0 aromatic heterocycles. The van der Waals surface area contributed by atoms with E-state index in [0.29, 0.717) is 5.92 Å². The second-order valence-electron chi connectivity index (χ2n) is 5.42. The summed E-state index contributed by atoms with van der Waals surface area (Å²) in [4.78, 5) is 0. The number of hydrogen-bond acceptors (Lipinski definition) is 1. The molecule has 0 bridgehead atoms. The van der Waals surface area contributed by atoms with E-state index >= 15 is 0 Å². The van der Waals surface area contributed by atoms with Gasteiger partial charge in [-0.05, 0) is 37.1 Å². The monoisotopic (exact) mass is 287 g/mol. The Kier molecular flexibility index (Phi) is 5.34. The number of hydrogen-bond donors (Lipinski definition) is 0. The molecule has 20 heavy (non-hydrogen) atoms. The van der Waals surface area contributed by atoms with Crippen molar-refractivity contribution in [1.82, 2.24) is 0 Å². The van der Waals surface area contributed by atoms with Crippen molar-refractivity contribution in [3.63, 3.8) is 0 Å². The van der Waals surface area contributed by atoms with Crippen molar-refractivity contribution in [2.45, 2.75) is 20.8 Å². The Balaban J connectivity index is 2.46. The van der Waals surface area contributed by atoms with Gasteiger partial charge < -0.3 is 0 Å². The fourth-order valence-electron chi connectivity index (χ4n) is 2.37. The van der Waals surface area contributed by atoms with E-state index in [0.717, 1.165) is 12.8 Å². The summed E-state index contributed by atoms with van der Waals surface area (Å²) in [5.41, 5.74) is 0. The van der Waals surface area contributed by atoms with Crippen molar-refractivity contribution < 1.29 is 4.52 Å².